The summed E-state index contributed by atoms with van der Waals surface area (Å²) in [6.07, 6.45) is 0.609. The molecule has 0 saturated heterocycles. The Morgan fingerprint density at radius 2 is 1.62 bits per heavy atom. The molecule has 0 fully saturated rings. The third-order valence-electron chi connectivity index (χ3n) is 5.60. The van der Waals surface area contributed by atoms with Crippen molar-refractivity contribution in [1.82, 2.24) is 4.31 Å². The van der Waals surface area contributed by atoms with Crippen LogP contribution in [0.15, 0.2) is 92.0 Å². The van der Waals surface area contributed by atoms with Gasteiger partial charge in [0.15, 0.2) is 0 Å². The lowest BCUT2D eigenvalue weighted by atomic mass is 10.1. The van der Waals surface area contributed by atoms with Crippen LogP contribution in [0.4, 0.5) is 5.69 Å². The Labute approximate surface area is 229 Å². The van der Waals surface area contributed by atoms with Gasteiger partial charge in [-0.25, -0.2) is 16.8 Å². The van der Waals surface area contributed by atoms with E-state index in [0.717, 1.165) is 28.2 Å². The number of nitrogens with zero attached hydrogens (tertiary/aromatic N) is 2. The molecular weight excluding hydrogens is 570 g/mol. The van der Waals surface area contributed by atoms with Gasteiger partial charge in [0.1, 0.15) is 8.42 Å². The molecule has 1 atom stereocenters. The number of benzene rings is 2. The number of rotatable bonds is 5. The molecule has 37 heavy (non-hydrogen) atoms. The molecule has 0 saturated carbocycles. The van der Waals surface area contributed by atoms with E-state index in [9.17, 15) is 22.1 Å². The van der Waals surface area contributed by atoms with Crippen LogP contribution in [0.5, 0.6) is 0 Å². The van der Waals surface area contributed by atoms with Gasteiger partial charge >= 0.3 is 0 Å². The minimum Gasteiger partial charge on any atom is -0.383 e. The summed E-state index contributed by atoms with van der Waals surface area (Å²) in [6, 6.07) is 23.7. The van der Waals surface area contributed by atoms with E-state index in [1.165, 1.54) is 17.4 Å². The fraction of sp³-hybridized carbons (Fsp3) is 0.160. The number of sulfonamides is 1. The van der Waals surface area contributed by atoms with Gasteiger partial charge in [-0.2, -0.15) is 9.57 Å². The molecule has 2 aromatic carbocycles. The van der Waals surface area contributed by atoms with E-state index in [2.05, 4.69) is 11.4 Å². The van der Waals surface area contributed by atoms with Crippen LogP contribution < -0.4 is 5.32 Å². The Balaban J connectivity index is 0.000000301. The molecule has 192 valence electrons. The summed E-state index contributed by atoms with van der Waals surface area (Å²) in [7, 11) is -2.13. The highest BCUT2D eigenvalue weighted by Gasteiger charge is 2.34. The van der Waals surface area contributed by atoms with Crippen LogP contribution in [-0.2, 0) is 32.0 Å². The van der Waals surface area contributed by atoms with Crippen molar-refractivity contribution >= 4 is 58.1 Å². The van der Waals surface area contributed by atoms with E-state index in [4.69, 9.17) is 10.7 Å². The number of thiophene rings is 2. The van der Waals surface area contributed by atoms with E-state index in [-0.39, 0.29) is 16.8 Å². The molecule has 0 amide bonds. The van der Waals surface area contributed by atoms with Gasteiger partial charge in [0.05, 0.1) is 11.6 Å². The predicted molar refractivity (Wildman–Crippen MR) is 148 cm³/mol. The van der Waals surface area contributed by atoms with Crippen LogP contribution in [0.1, 0.15) is 16.7 Å². The second-order valence-corrected chi connectivity index (χ2v) is 14.9. The minimum atomic E-state index is -3.64. The Morgan fingerprint density at radius 1 is 0.946 bits per heavy atom. The topological polar surface area (TPSA) is 107 Å². The smallest absolute Gasteiger partial charge is 0.270 e. The highest BCUT2D eigenvalue weighted by Crippen LogP contribution is 2.31. The summed E-state index contributed by atoms with van der Waals surface area (Å²) < 4.78 is 49.9. The zero-order valence-corrected chi connectivity index (χ0v) is 23.3. The fourth-order valence-electron chi connectivity index (χ4n) is 3.86. The molecule has 1 N–H and O–H groups in total. The van der Waals surface area contributed by atoms with Crippen LogP contribution in [-0.4, -0.2) is 33.7 Å². The molecule has 7 nitrogen and oxygen atoms in total. The van der Waals surface area contributed by atoms with Crippen molar-refractivity contribution in [3.05, 3.63) is 100 Å². The molecule has 0 bridgehead atoms. The summed E-state index contributed by atoms with van der Waals surface area (Å²) in [5.41, 5.74) is 3.30. The van der Waals surface area contributed by atoms with Crippen molar-refractivity contribution in [2.24, 2.45) is 0 Å². The lowest BCUT2D eigenvalue weighted by Crippen LogP contribution is -2.43. The average Bonchev–Trinajstić information content (AvgIpc) is 3.59. The number of anilines is 1. The molecule has 4 aromatic rings. The molecule has 0 aliphatic carbocycles. The van der Waals surface area contributed by atoms with Crippen LogP contribution >= 0.6 is 33.4 Å². The summed E-state index contributed by atoms with van der Waals surface area (Å²) in [6.45, 7) is 0.730. The maximum atomic E-state index is 13.4. The lowest BCUT2D eigenvalue weighted by molar-refractivity contribution is 0.326. The number of nitriles is 1. The Hall–Kier alpha value is -2.72. The van der Waals surface area contributed by atoms with Gasteiger partial charge in [-0.3, -0.25) is 0 Å². The van der Waals surface area contributed by atoms with Crippen LogP contribution in [0, 0.1) is 11.3 Å². The molecule has 3 heterocycles. The fourth-order valence-corrected chi connectivity index (χ4v) is 8.38. The van der Waals surface area contributed by atoms with Gasteiger partial charge in [-0.05, 0) is 58.6 Å². The Kier molecular flexibility index (Phi) is 8.69. The molecule has 0 spiro atoms. The maximum absolute atomic E-state index is 13.4. The van der Waals surface area contributed by atoms with E-state index in [1.807, 2.05) is 36.4 Å². The largest absolute Gasteiger partial charge is 0.383 e. The van der Waals surface area contributed by atoms with Crippen LogP contribution in [0.2, 0.25) is 0 Å². The third-order valence-corrected chi connectivity index (χ3v) is 11.9. The first kappa shape index (κ1) is 27.3. The van der Waals surface area contributed by atoms with Crippen molar-refractivity contribution in [2.45, 2.75) is 27.4 Å². The molecular formula is C25H22ClN3O4S4. The third kappa shape index (κ3) is 6.78. The van der Waals surface area contributed by atoms with Crippen molar-refractivity contribution in [3.8, 4) is 6.07 Å². The molecule has 2 aromatic heterocycles. The van der Waals surface area contributed by atoms with E-state index >= 15 is 0 Å². The second kappa shape index (κ2) is 11.8. The maximum Gasteiger partial charge on any atom is 0.270 e. The number of fused-ring (bicyclic) bond motifs is 1. The van der Waals surface area contributed by atoms with E-state index in [0.29, 0.717) is 22.7 Å². The van der Waals surface area contributed by atoms with Crippen molar-refractivity contribution < 1.29 is 16.8 Å². The first-order valence-electron chi connectivity index (χ1n) is 11.0. The molecule has 1 aliphatic heterocycles. The molecule has 0 unspecified atom stereocenters. The summed E-state index contributed by atoms with van der Waals surface area (Å²) in [4.78, 5) is 0. The van der Waals surface area contributed by atoms with E-state index in [1.54, 1.807) is 45.4 Å². The summed E-state index contributed by atoms with van der Waals surface area (Å²) >= 11 is 2.34. The van der Waals surface area contributed by atoms with E-state index < -0.39 is 19.1 Å². The molecule has 5 rings (SSSR count). The quantitative estimate of drug-likeness (QED) is 0.306. The van der Waals surface area contributed by atoms with Gasteiger partial charge in [-0.15, -0.1) is 22.7 Å². The predicted octanol–water partition coefficient (Wildman–Crippen LogP) is 5.52. The number of halogens is 1. The van der Waals surface area contributed by atoms with Crippen molar-refractivity contribution in [1.29, 1.82) is 5.26 Å². The van der Waals surface area contributed by atoms with Gasteiger partial charge in [0, 0.05) is 35.5 Å². The Morgan fingerprint density at radius 3 is 2.19 bits per heavy atom. The van der Waals surface area contributed by atoms with Gasteiger partial charge in [0.2, 0.25) is 0 Å². The standard InChI is InChI=1S/C21H19N3O2S2.C4H3ClO2S2/c22-13-17-8-9-20-18(11-17)15-24(28(25,26)21-7-4-10-27-21)19(14-23-20)12-16-5-2-1-3-6-16;5-9(6,7)4-2-1-3-8-4/h1-11,19,23H,12,14-15H2;1-3H/t19-;/m1./s1. The van der Waals surface area contributed by atoms with Crippen molar-refractivity contribution in [2.75, 3.05) is 11.9 Å². The first-order chi connectivity index (χ1) is 17.7. The molecule has 1 aliphatic rings. The van der Waals surface area contributed by atoms with Crippen LogP contribution in [0.3, 0.4) is 0 Å². The molecule has 0 radical (unpaired) electrons. The zero-order chi connectivity index (χ0) is 26.5. The number of hydrogen-bond acceptors (Lipinski definition) is 8. The highest BCUT2D eigenvalue weighted by atomic mass is 35.7. The van der Waals surface area contributed by atoms with Gasteiger partial charge in [-0.1, -0.05) is 42.5 Å². The monoisotopic (exact) mass is 591 g/mol. The van der Waals surface area contributed by atoms with Gasteiger partial charge in [0.25, 0.3) is 19.1 Å². The highest BCUT2D eigenvalue weighted by molar-refractivity contribution is 8.15. The lowest BCUT2D eigenvalue weighted by Gasteiger charge is -2.28. The summed E-state index contributed by atoms with van der Waals surface area (Å²) in [5.74, 6) is 0. The minimum absolute atomic E-state index is 0.198. The number of hydrogen-bond donors (Lipinski definition) is 1. The normalized spacial score (nSPS) is 15.8. The molecule has 12 heteroatoms. The van der Waals surface area contributed by atoms with Crippen molar-refractivity contribution in [3.63, 3.8) is 0 Å². The zero-order valence-electron chi connectivity index (χ0n) is 19.3. The van der Waals surface area contributed by atoms with Gasteiger partial charge < -0.3 is 5.32 Å². The average molecular weight is 592 g/mol. The summed E-state index contributed by atoms with van der Waals surface area (Å²) in [5, 5.41) is 16.1. The SMILES string of the molecule is N#Cc1ccc2c(c1)CN(S(=O)(=O)c1cccs1)[C@H](Cc1ccccc1)CN2.O=S(=O)(Cl)c1cccs1. The Bertz CT molecular complexity index is 1580. The van der Waals surface area contributed by atoms with Crippen LogP contribution in [0.25, 0.3) is 0 Å². The second-order valence-electron chi connectivity index (χ2n) is 8.06. The first-order valence-corrected chi connectivity index (χ1v) is 16.5. The number of nitrogens with one attached hydrogen (secondary N) is 1.